The Morgan fingerprint density at radius 3 is 3.00 bits per heavy atom. The van der Waals surface area contributed by atoms with Crippen LogP contribution in [0, 0.1) is 0 Å². The Hall–Kier alpha value is -1.07. The molecule has 0 bridgehead atoms. The van der Waals surface area contributed by atoms with E-state index in [0.29, 0.717) is 12.3 Å². The summed E-state index contributed by atoms with van der Waals surface area (Å²) in [5, 5.41) is 15.8. The molecule has 2 rings (SSSR count). The molecule has 1 fully saturated rings. The maximum Gasteiger partial charge on any atom is 0.139 e. The monoisotopic (exact) mass is 253 g/mol. The molecule has 0 aliphatic heterocycles. The van der Waals surface area contributed by atoms with Crippen LogP contribution in [0.15, 0.2) is 22.0 Å². The highest BCUT2D eigenvalue weighted by Gasteiger charge is 2.28. The summed E-state index contributed by atoms with van der Waals surface area (Å²) >= 11 is 1.75. The van der Waals surface area contributed by atoms with Gasteiger partial charge in [-0.25, -0.2) is 0 Å². The van der Waals surface area contributed by atoms with E-state index >= 15 is 0 Å². The quantitative estimate of drug-likeness (QED) is 0.339. The van der Waals surface area contributed by atoms with Crippen molar-refractivity contribution in [2.75, 3.05) is 6.54 Å². The number of hydrogen-bond donors (Lipinski definition) is 2. The molecular weight excluding hydrogens is 234 g/mol. The van der Waals surface area contributed by atoms with Crippen LogP contribution in [0.4, 0.5) is 0 Å². The maximum atomic E-state index is 8.48. The highest BCUT2D eigenvalue weighted by molar-refractivity contribution is 7.07. The first-order valence-electron chi connectivity index (χ1n) is 6.01. The molecule has 1 heterocycles. The van der Waals surface area contributed by atoms with Crippen LogP contribution >= 0.6 is 11.3 Å². The van der Waals surface area contributed by atoms with E-state index in [1.54, 1.807) is 11.3 Å². The second-order valence-corrected chi connectivity index (χ2v) is 5.31. The molecular formula is C12H19N3OS. The third-order valence-electron chi connectivity index (χ3n) is 3.04. The number of nitrogens with zero attached hydrogens (tertiary/aromatic N) is 2. The molecule has 1 saturated carbocycles. The van der Waals surface area contributed by atoms with E-state index in [4.69, 9.17) is 10.9 Å². The lowest BCUT2D eigenvalue weighted by atomic mass is 10.2. The zero-order valence-corrected chi connectivity index (χ0v) is 10.7. The van der Waals surface area contributed by atoms with Gasteiger partial charge in [-0.05, 0) is 48.2 Å². The SMILES string of the molecule is N/C(CCCN(Cc1ccsc1)C1CC1)=N/O. The van der Waals surface area contributed by atoms with E-state index in [1.807, 2.05) is 0 Å². The van der Waals surface area contributed by atoms with E-state index in [9.17, 15) is 0 Å². The molecule has 5 heteroatoms. The summed E-state index contributed by atoms with van der Waals surface area (Å²) in [5.74, 6) is 0.330. The topological polar surface area (TPSA) is 61.8 Å². The standard InChI is InChI=1S/C12H19N3OS/c13-12(14-16)2-1-6-15(11-3-4-11)8-10-5-7-17-9-10/h5,7,9,11,16H,1-4,6,8H2,(H2,13,14). The van der Waals surface area contributed by atoms with Gasteiger partial charge >= 0.3 is 0 Å². The average Bonchev–Trinajstić information content (AvgIpc) is 3.06. The predicted octanol–water partition coefficient (Wildman–Crippen LogP) is 2.24. The summed E-state index contributed by atoms with van der Waals surface area (Å²) in [7, 11) is 0. The van der Waals surface area contributed by atoms with E-state index in [2.05, 4.69) is 26.9 Å². The van der Waals surface area contributed by atoms with Crippen molar-refractivity contribution in [3.05, 3.63) is 22.4 Å². The van der Waals surface area contributed by atoms with E-state index in [0.717, 1.165) is 25.6 Å². The predicted molar refractivity (Wildman–Crippen MR) is 70.4 cm³/mol. The van der Waals surface area contributed by atoms with Crippen LogP contribution in [0.5, 0.6) is 0 Å². The van der Waals surface area contributed by atoms with Crippen molar-refractivity contribution in [3.8, 4) is 0 Å². The van der Waals surface area contributed by atoms with E-state index in [1.165, 1.54) is 18.4 Å². The lowest BCUT2D eigenvalue weighted by Gasteiger charge is -2.21. The van der Waals surface area contributed by atoms with E-state index in [-0.39, 0.29) is 0 Å². The largest absolute Gasteiger partial charge is 0.409 e. The van der Waals surface area contributed by atoms with Gasteiger partial charge in [-0.1, -0.05) is 5.16 Å². The molecule has 17 heavy (non-hydrogen) atoms. The number of thiophene rings is 1. The van der Waals surface area contributed by atoms with Crippen LogP contribution in [-0.4, -0.2) is 28.5 Å². The Morgan fingerprint density at radius 2 is 2.41 bits per heavy atom. The first kappa shape index (κ1) is 12.4. The van der Waals surface area contributed by atoms with Gasteiger partial charge < -0.3 is 10.9 Å². The van der Waals surface area contributed by atoms with Gasteiger partial charge in [-0.2, -0.15) is 11.3 Å². The van der Waals surface area contributed by atoms with Crippen molar-refractivity contribution >= 4 is 17.2 Å². The third-order valence-corrected chi connectivity index (χ3v) is 3.77. The third kappa shape index (κ3) is 4.02. The van der Waals surface area contributed by atoms with Gasteiger partial charge in [0.05, 0.1) is 0 Å². The minimum Gasteiger partial charge on any atom is -0.409 e. The molecule has 0 atom stereocenters. The first-order chi connectivity index (χ1) is 8.29. The van der Waals surface area contributed by atoms with Crippen LogP contribution in [0.2, 0.25) is 0 Å². The van der Waals surface area contributed by atoms with Gasteiger partial charge in [0.2, 0.25) is 0 Å². The Morgan fingerprint density at radius 1 is 1.59 bits per heavy atom. The fourth-order valence-corrected chi connectivity index (χ4v) is 2.62. The second-order valence-electron chi connectivity index (χ2n) is 4.53. The molecule has 4 nitrogen and oxygen atoms in total. The van der Waals surface area contributed by atoms with Gasteiger partial charge in [0.15, 0.2) is 0 Å². The van der Waals surface area contributed by atoms with Crippen LogP contribution < -0.4 is 5.73 Å². The summed E-state index contributed by atoms with van der Waals surface area (Å²) in [6.45, 7) is 2.06. The Labute approximate surface area is 106 Å². The molecule has 1 aliphatic rings. The molecule has 0 amide bonds. The summed E-state index contributed by atoms with van der Waals surface area (Å²) in [6, 6.07) is 2.94. The molecule has 0 spiro atoms. The number of hydrogen-bond acceptors (Lipinski definition) is 4. The van der Waals surface area contributed by atoms with Crippen LogP contribution in [0.3, 0.4) is 0 Å². The van der Waals surface area contributed by atoms with Gasteiger partial charge in [0.1, 0.15) is 5.84 Å². The van der Waals surface area contributed by atoms with Crippen molar-refractivity contribution in [1.29, 1.82) is 0 Å². The molecule has 0 radical (unpaired) electrons. The number of rotatable bonds is 7. The normalized spacial score (nSPS) is 16.6. The fraction of sp³-hybridized carbons (Fsp3) is 0.583. The van der Waals surface area contributed by atoms with Crippen molar-refractivity contribution in [1.82, 2.24) is 4.90 Å². The van der Waals surface area contributed by atoms with Crippen molar-refractivity contribution in [2.45, 2.75) is 38.3 Å². The lowest BCUT2D eigenvalue weighted by Crippen LogP contribution is -2.27. The molecule has 0 unspecified atom stereocenters. The zero-order valence-electron chi connectivity index (χ0n) is 9.88. The highest BCUT2D eigenvalue weighted by Crippen LogP contribution is 2.28. The number of amidine groups is 1. The Bertz CT molecular complexity index is 360. The van der Waals surface area contributed by atoms with Gasteiger partial charge in [-0.15, -0.1) is 0 Å². The lowest BCUT2D eigenvalue weighted by molar-refractivity contribution is 0.252. The molecule has 1 aliphatic carbocycles. The molecule has 0 saturated heterocycles. The fourth-order valence-electron chi connectivity index (χ4n) is 1.96. The van der Waals surface area contributed by atoms with Crippen LogP contribution in [0.1, 0.15) is 31.2 Å². The minimum atomic E-state index is 0.330. The summed E-state index contributed by atoms with van der Waals surface area (Å²) < 4.78 is 0. The Balaban J connectivity index is 1.77. The number of oxime groups is 1. The molecule has 94 valence electrons. The van der Waals surface area contributed by atoms with Gasteiger partial charge in [0, 0.05) is 19.0 Å². The Kier molecular flexibility index (Phi) is 4.39. The van der Waals surface area contributed by atoms with Crippen molar-refractivity contribution in [2.24, 2.45) is 10.9 Å². The first-order valence-corrected chi connectivity index (χ1v) is 6.95. The number of nitrogens with two attached hydrogens (primary N) is 1. The smallest absolute Gasteiger partial charge is 0.139 e. The summed E-state index contributed by atoms with van der Waals surface area (Å²) in [4.78, 5) is 2.51. The molecule has 1 aromatic heterocycles. The molecule has 1 aromatic rings. The van der Waals surface area contributed by atoms with E-state index < -0.39 is 0 Å². The van der Waals surface area contributed by atoms with Crippen molar-refractivity contribution in [3.63, 3.8) is 0 Å². The van der Waals surface area contributed by atoms with Crippen LogP contribution in [-0.2, 0) is 6.54 Å². The highest BCUT2D eigenvalue weighted by atomic mass is 32.1. The minimum absolute atomic E-state index is 0.330. The molecule has 3 N–H and O–H groups in total. The second kappa shape index (κ2) is 6.02. The van der Waals surface area contributed by atoms with Gasteiger partial charge in [-0.3, -0.25) is 4.90 Å². The summed E-state index contributed by atoms with van der Waals surface area (Å²) in [5.41, 5.74) is 6.86. The zero-order chi connectivity index (χ0) is 12.1. The maximum absolute atomic E-state index is 8.48. The average molecular weight is 253 g/mol. The summed E-state index contributed by atoms with van der Waals surface area (Å²) in [6.07, 6.45) is 4.25. The van der Waals surface area contributed by atoms with Crippen LogP contribution in [0.25, 0.3) is 0 Å². The molecule has 0 aromatic carbocycles. The van der Waals surface area contributed by atoms with Gasteiger partial charge in [0.25, 0.3) is 0 Å². The van der Waals surface area contributed by atoms with Crippen molar-refractivity contribution < 1.29 is 5.21 Å².